The number of hydrogen-bond donors (Lipinski definition) is 1. The Kier molecular flexibility index (Phi) is 5.09. The molecule has 3 rings (SSSR count). The number of thioether (sulfide) groups is 1. The van der Waals surface area contributed by atoms with Crippen molar-refractivity contribution in [3.63, 3.8) is 0 Å². The number of hydrogen-bond acceptors (Lipinski definition) is 5. The van der Waals surface area contributed by atoms with Gasteiger partial charge in [-0.2, -0.15) is 0 Å². The minimum absolute atomic E-state index is 0.129. The zero-order valence-corrected chi connectivity index (χ0v) is 14.9. The third-order valence-electron chi connectivity index (χ3n) is 4.05. The van der Waals surface area contributed by atoms with Gasteiger partial charge in [0.05, 0.1) is 5.69 Å². The lowest BCUT2D eigenvalue weighted by Crippen LogP contribution is -2.33. The molecule has 4 nitrogen and oxygen atoms in total. The van der Waals surface area contributed by atoms with E-state index in [0.717, 1.165) is 17.1 Å². The SMILES string of the molecule is Cc1cc(S[C@@H]2CCCN(C)C2)nnc1-c1ccc(Cl)cc1O. The first-order chi connectivity index (χ1) is 11.0. The average molecular weight is 350 g/mol. The number of phenols is 1. The Labute approximate surface area is 145 Å². The van der Waals surface area contributed by atoms with Crippen LogP contribution in [0.15, 0.2) is 29.3 Å². The van der Waals surface area contributed by atoms with Crippen molar-refractivity contribution in [3.8, 4) is 17.0 Å². The van der Waals surface area contributed by atoms with E-state index in [1.54, 1.807) is 23.9 Å². The summed E-state index contributed by atoms with van der Waals surface area (Å²) >= 11 is 7.68. The summed E-state index contributed by atoms with van der Waals surface area (Å²) in [5.74, 6) is 0.129. The predicted molar refractivity (Wildman–Crippen MR) is 95.3 cm³/mol. The number of aromatic nitrogens is 2. The molecule has 0 spiro atoms. The van der Waals surface area contributed by atoms with E-state index in [-0.39, 0.29) is 5.75 Å². The number of aromatic hydroxyl groups is 1. The van der Waals surface area contributed by atoms with Gasteiger partial charge in [-0.1, -0.05) is 23.4 Å². The average Bonchev–Trinajstić information content (AvgIpc) is 2.48. The van der Waals surface area contributed by atoms with E-state index in [1.807, 2.05) is 6.92 Å². The van der Waals surface area contributed by atoms with Gasteiger partial charge in [0.15, 0.2) is 0 Å². The van der Waals surface area contributed by atoms with Gasteiger partial charge in [-0.05, 0) is 63.2 Å². The third-order valence-corrected chi connectivity index (χ3v) is 5.44. The first-order valence-corrected chi connectivity index (χ1v) is 8.97. The number of benzene rings is 1. The second-order valence-corrected chi connectivity index (χ2v) is 7.78. The summed E-state index contributed by atoms with van der Waals surface area (Å²) in [6.45, 7) is 4.26. The van der Waals surface area contributed by atoms with Crippen LogP contribution in [0.5, 0.6) is 5.75 Å². The lowest BCUT2D eigenvalue weighted by atomic mass is 10.1. The molecule has 1 atom stereocenters. The van der Waals surface area contributed by atoms with Gasteiger partial charge in [-0.3, -0.25) is 0 Å². The van der Waals surface area contributed by atoms with Gasteiger partial charge >= 0.3 is 0 Å². The molecular formula is C17H20ClN3OS. The molecule has 0 radical (unpaired) electrons. The van der Waals surface area contributed by atoms with Crippen molar-refractivity contribution in [1.82, 2.24) is 15.1 Å². The smallest absolute Gasteiger partial charge is 0.126 e. The Hall–Kier alpha value is -1.30. The Morgan fingerprint density at radius 3 is 2.83 bits per heavy atom. The number of phenolic OH excluding ortho intramolecular Hbond substituents is 1. The molecule has 2 aromatic rings. The summed E-state index contributed by atoms with van der Waals surface area (Å²) in [6.07, 6.45) is 2.45. The van der Waals surface area contributed by atoms with Gasteiger partial charge in [-0.25, -0.2) is 0 Å². The van der Waals surface area contributed by atoms with E-state index in [1.165, 1.54) is 25.5 Å². The fourth-order valence-corrected chi connectivity index (χ4v) is 4.33. The second kappa shape index (κ2) is 7.07. The molecule has 1 saturated heterocycles. The largest absolute Gasteiger partial charge is 0.507 e. The van der Waals surface area contributed by atoms with Gasteiger partial charge in [0.2, 0.25) is 0 Å². The summed E-state index contributed by atoms with van der Waals surface area (Å²) in [6, 6.07) is 7.10. The van der Waals surface area contributed by atoms with E-state index in [2.05, 4.69) is 28.2 Å². The summed E-state index contributed by atoms with van der Waals surface area (Å²) in [4.78, 5) is 2.36. The number of rotatable bonds is 3. The quantitative estimate of drug-likeness (QED) is 0.907. The maximum absolute atomic E-state index is 10.1. The summed E-state index contributed by atoms with van der Waals surface area (Å²) in [5.41, 5.74) is 2.36. The van der Waals surface area contributed by atoms with E-state index in [0.29, 0.717) is 21.5 Å². The van der Waals surface area contributed by atoms with Crippen LogP contribution in [0, 0.1) is 6.92 Å². The van der Waals surface area contributed by atoms with Gasteiger partial charge in [0, 0.05) is 22.4 Å². The molecule has 6 heteroatoms. The molecule has 1 aromatic heterocycles. The van der Waals surface area contributed by atoms with Gasteiger partial charge < -0.3 is 10.0 Å². The molecule has 1 aliphatic rings. The first-order valence-electron chi connectivity index (χ1n) is 7.71. The third kappa shape index (κ3) is 3.97. The van der Waals surface area contributed by atoms with Crippen molar-refractivity contribution in [2.75, 3.05) is 20.1 Å². The zero-order chi connectivity index (χ0) is 16.4. The first kappa shape index (κ1) is 16.6. The highest BCUT2D eigenvalue weighted by Gasteiger charge is 2.19. The lowest BCUT2D eigenvalue weighted by molar-refractivity contribution is 0.283. The lowest BCUT2D eigenvalue weighted by Gasteiger charge is -2.28. The molecule has 1 aromatic carbocycles. The Morgan fingerprint density at radius 1 is 1.30 bits per heavy atom. The Balaban J connectivity index is 1.80. The molecule has 23 heavy (non-hydrogen) atoms. The van der Waals surface area contributed by atoms with Crippen LogP contribution in [0.25, 0.3) is 11.3 Å². The van der Waals surface area contributed by atoms with Crippen LogP contribution in [0.3, 0.4) is 0 Å². The van der Waals surface area contributed by atoms with E-state index in [4.69, 9.17) is 11.6 Å². The van der Waals surface area contributed by atoms with Crippen molar-refractivity contribution < 1.29 is 5.11 Å². The maximum Gasteiger partial charge on any atom is 0.126 e. The predicted octanol–water partition coefficient (Wildman–Crippen LogP) is 4.00. The van der Waals surface area contributed by atoms with Gasteiger partial charge in [-0.15, -0.1) is 10.2 Å². The summed E-state index contributed by atoms with van der Waals surface area (Å²) in [7, 11) is 2.16. The van der Waals surface area contributed by atoms with Crippen molar-refractivity contribution in [2.45, 2.75) is 30.0 Å². The second-order valence-electron chi connectivity index (χ2n) is 6.02. The molecule has 1 N–H and O–H groups in total. The molecule has 1 fully saturated rings. The molecule has 0 bridgehead atoms. The minimum atomic E-state index is 0.129. The van der Waals surface area contributed by atoms with Crippen molar-refractivity contribution >= 4 is 23.4 Å². The molecule has 1 aliphatic heterocycles. The zero-order valence-electron chi connectivity index (χ0n) is 13.3. The molecular weight excluding hydrogens is 330 g/mol. The normalized spacial score (nSPS) is 19.0. The van der Waals surface area contributed by atoms with Crippen LogP contribution in [0.2, 0.25) is 5.02 Å². The Bertz CT molecular complexity index is 710. The highest BCUT2D eigenvalue weighted by Crippen LogP contribution is 2.34. The summed E-state index contributed by atoms with van der Waals surface area (Å²) in [5, 5.41) is 20.8. The molecule has 0 amide bonds. The van der Waals surface area contributed by atoms with Crippen LogP contribution < -0.4 is 0 Å². The van der Waals surface area contributed by atoms with Crippen molar-refractivity contribution in [1.29, 1.82) is 0 Å². The topological polar surface area (TPSA) is 49.2 Å². The van der Waals surface area contributed by atoms with E-state index >= 15 is 0 Å². The Morgan fingerprint density at radius 2 is 2.13 bits per heavy atom. The molecule has 0 unspecified atom stereocenters. The van der Waals surface area contributed by atoms with Crippen LogP contribution in [0.1, 0.15) is 18.4 Å². The fourth-order valence-electron chi connectivity index (χ4n) is 2.88. The number of nitrogens with zero attached hydrogens (tertiary/aromatic N) is 3. The highest BCUT2D eigenvalue weighted by molar-refractivity contribution is 7.99. The van der Waals surface area contributed by atoms with Crippen LogP contribution >= 0.6 is 23.4 Å². The van der Waals surface area contributed by atoms with Crippen LogP contribution in [0.4, 0.5) is 0 Å². The van der Waals surface area contributed by atoms with Crippen molar-refractivity contribution in [2.24, 2.45) is 0 Å². The van der Waals surface area contributed by atoms with Crippen LogP contribution in [-0.2, 0) is 0 Å². The molecule has 0 saturated carbocycles. The van der Waals surface area contributed by atoms with Crippen molar-refractivity contribution in [3.05, 3.63) is 34.9 Å². The molecule has 2 heterocycles. The highest BCUT2D eigenvalue weighted by atomic mass is 35.5. The number of aryl methyl sites for hydroxylation is 1. The monoisotopic (exact) mass is 349 g/mol. The number of piperidine rings is 1. The van der Waals surface area contributed by atoms with E-state index < -0.39 is 0 Å². The standard InChI is InChI=1S/C17H20ClN3OS/c1-11-8-16(23-13-4-3-7-21(2)10-13)19-20-17(11)14-6-5-12(18)9-15(14)22/h5-6,8-9,13,22H,3-4,7,10H2,1-2H3/t13-/m1/s1. The molecule has 0 aliphatic carbocycles. The minimum Gasteiger partial charge on any atom is -0.507 e. The van der Waals surface area contributed by atoms with Gasteiger partial charge in [0.1, 0.15) is 10.8 Å². The maximum atomic E-state index is 10.1. The number of likely N-dealkylation sites (tertiary alicyclic amines) is 1. The van der Waals surface area contributed by atoms with Crippen LogP contribution in [-0.4, -0.2) is 45.6 Å². The molecule has 122 valence electrons. The van der Waals surface area contributed by atoms with Gasteiger partial charge in [0.25, 0.3) is 0 Å². The number of halogens is 1. The fraction of sp³-hybridized carbons (Fsp3) is 0.412. The summed E-state index contributed by atoms with van der Waals surface area (Å²) < 4.78 is 0. The van der Waals surface area contributed by atoms with E-state index in [9.17, 15) is 5.11 Å².